The zero-order chi connectivity index (χ0) is 25.7. The number of nitrogens with zero attached hydrogens (tertiary/aromatic N) is 2. The van der Waals surface area contributed by atoms with E-state index in [0.717, 1.165) is 16.3 Å². The van der Waals surface area contributed by atoms with E-state index in [9.17, 15) is 9.59 Å². The standard InChI is InChI=1S/C26H24N4O6/c1-15(31)36-25-22(34-3)11-16(12-23(25)35-4)14-27-30-26(32)20-13-19(28-29-20)24-18-8-6-5-7-17(18)9-10-21(24)33-2/h5-14H,1-4H3,(H,28,29)(H,30,32)/b27-14-. The van der Waals surface area contributed by atoms with Crippen molar-refractivity contribution in [3.8, 4) is 34.3 Å². The van der Waals surface area contributed by atoms with Crippen molar-refractivity contribution in [3.63, 3.8) is 0 Å². The van der Waals surface area contributed by atoms with Crippen LogP contribution in [-0.4, -0.2) is 49.6 Å². The van der Waals surface area contributed by atoms with E-state index in [1.165, 1.54) is 27.4 Å². The summed E-state index contributed by atoms with van der Waals surface area (Å²) < 4.78 is 21.3. The number of carbonyl (C=O) groups excluding carboxylic acids is 2. The van der Waals surface area contributed by atoms with Gasteiger partial charge in [0.05, 0.1) is 38.8 Å². The highest BCUT2D eigenvalue weighted by molar-refractivity contribution is 6.00. The van der Waals surface area contributed by atoms with Gasteiger partial charge in [0.1, 0.15) is 11.4 Å². The fourth-order valence-electron chi connectivity index (χ4n) is 3.70. The minimum atomic E-state index is -0.514. The topological polar surface area (TPSA) is 124 Å². The number of fused-ring (bicyclic) bond motifs is 1. The third-order valence-corrected chi connectivity index (χ3v) is 5.30. The fraction of sp³-hybridized carbons (Fsp3) is 0.154. The summed E-state index contributed by atoms with van der Waals surface area (Å²) in [7, 11) is 4.46. The second-order valence-corrected chi connectivity index (χ2v) is 7.58. The van der Waals surface area contributed by atoms with Crippen LogP contribution in [0.15, 0.2) is 59.7 Å². The van der Waals surface area contributed by atoms with E-state index in [4.69, 9.17) is 18.9 Å². The lowest BCUT2D eigenvalue weighted by molar-refractivity contribution is -0.132. The number of nitrogens with one attached hydrogen (secondary N) is 2. The zero-order valence-electron chi connectivity index (χ0n) is 20.1. The molecule has 1 aromatic heterocycles. The SMILES string of the molecule is COc1cc(/C=N\NC(=O)c2cc(-c3c(OC)ccc4ccccc34)n[nH]2)cc(OC)c1OC(C)=O. The molecule has 0 aliphatic rings. The van der Waals surface area contributed by atoms with Gasteiger partial charge in [-0.25, -0.2) is 5.43 Å². The van der Waals surface area contributed by atoms with E-state index in [1.54, 1.807) is 25.3 Å². The molecule has 0 bridgehead atoms. The van der Waals surface area contributed by atoms with E-state index >= 15 is 0 Å². The van der Waals surface area contributed by atoms with Crippen LogP contribution in [0.2, 0.25) is 0 Å². The number of benzene rings is 3. The van der Waals surface area contributed by atoms with Crippen molar-refractivity contribution >= 4 is 28.9 Å². The Bertz CT molecular complexity index is 1440. The number of rotatable bonds is 8. The normalized spacial score (nSPS) is 10.9. The monoisotopic (exact) mass is 488 g/mol. The first-order valence-electron chi connectivity index (χ1n) is 10.8. The minimum absolute atomic E-state index is 0.155. The molecule has 10 heteroatoms. The van der Waals surface area contributed by atoms with Crippen LogP contribution >= 0.6 is 0 Å². The van der Waals surface area contributed by atoms with Crippen molar-refractivity contribution < 1.29 is 28.5 Å². The molecule has 0 aliphatic carbocycles. The van der Waals surface area contributed by atoms with E-state index < -0.39 is 11.9 Å². The minimum Gasteiger partial charge on any atom is -0.496 e. The Balaban J connectivity index is 1.55. The highest BCUT2D eigenvalue weighted by Gasteiger charge is 2.17. The van der Waals surface area contributed by atoms with Crippen LogP contribution in [0.25, 0.3) is 22.0 Å². The predicted octanol–water partition coefficient (Wildman–Crippen LogP) is 3.94. The molecule has 0 spiro atoms. The summed E-state index contributed by atoms with van der Waals surface area (Å²) in [6, 6.07) is 16.5. The van der Waals surface area contributed by atoms with Crippen molar-refractivity contribution in [1.29, 1.82) is 0 Å². The number of aromatic amines is 1. The van der Waals surface area contributed by atoms with Gasteiger partial charge in [-0.15, -0.1) is 0 Å². The van der Waals surface area contributed by atoms with Gasteiger partial charge in [-0.05, 0) is 35.0 Å². The Morgan fingerprint density at radius 2 is 1.64 bits per heavy atom. The van der Waals surface area contributed by atoms with Gasteiger partial charge in [-0.1, -0.05) is 30.3 Å². The fourth-order valence-corrected chi connectivity index (χ4v) is 3.70. The maximum Gasteiger partial charge on any atom is 0.308 e. The van der Waals surface area contributed by atoms with E-state index in [1.807, 2.05) is 36.4 Å². The Morgan fingerprint density at radius 3 is 2.31 bits per heavy atom. The Morgan fingerprint density at radius 1 is 0.944 bits per heavy atom. The van der Waals surface area contributed by atoms with Gasteiger partial charge in [-0.3, -0.25) is 14.7 Å². The Labute approximate surface area is 206 Å². The van der Waals surface area contributed by atoms with Gasteiger partial charge in [0.15, 0.2) is 11.5 Å². The van der Waals surface area contributed by atoms with Gasteiger partial charge in [0, 0.05) is 12.5 Å². The number of aromatic nitrogens is 2. The molecule has 0 saturated carbocycles. The molecule has 0 aliphatic heterocycles. The van der Waals surface area contributed by atoms with Crippen molar-refractivity contribution in [2.24, 2.45) is 5.10 Å². The number of methoxy groups -OCH3 is 3. The van der Waals surface area contributed by atoms with Crippen LogP contribution in [0.4, 0.5) is 0 Å². The van der Waals surface area contributed by atoms with Crippen molar-refractivity contribution in [2.45, 2.75) is 6.92 Å². The first kappa shape index (κ1) is 24.3. The van der Waals surface area contributed by atoms with E-state index in [-0.39, 0.29) is 22.9 Å². The molecule has 0 atom stereocenters. The summed E-state index contributed by atoms with van der Waals surface area (Å²) in [6.07, 6.45) is 1.41. The molecule has 0 radical (unpaired) electrons. The lowest BCUT2D eigenvalue weighted by atomic mass is 10.0. The molecule has 0 fully saturated rings. The highest BCUT2D eigenvalue weighted by atomic mass is 16.6. The molecule has 2 N–H and O–H groups in total. The average Bonchev–Trinajstić information content (AvgIpc) is 3.38. The van der Waals surface area contributed by atoms with Gasteiger partial charge in [-0.2, -0.15) is 10.2 Å². The molecule has 1 amide bonds. The molecule has 0 unspecified atom stereocenters. The number of esters is 1. The Kier molecular flexibility index (Phi) is 7.15. The van der Waals surface area contributed by atoms with Gasteiger partial charge in [0.2, 0.25) is 5.75 Å². The first-order chi connectivity index (χ1) is 17.4. The quantitative estimate of drug-likeness (QED) is 0.167. The number of hydrogen-bond donors (Lipinski definition) is 2. The second-order valence-electron chi connectivity index (χ2n) is 7.58. The second kappa shape index (κ2) is 10.6. The lowest BCUT2D eigenvalue weighted by Gasteiger charge is -2.13. The molecular formula is C26H24N4O6. The number of hydrazone groups is 1. The maximum atomic E-state index is 12.7. The molecule has 3 aromatic carbocycles. The van der Waals surface area contributed by atoms with Crippen LogP contribution in [0.5, 0.6) is 23.0 Å². The first-order valence-corrected chi connectivity index (χ1v) is 10.8. The summed E-state index contributed by atoms with van der Waals surface area (Å²) in [5.41, 5.74) is 4.57. The van der Waals surface area contributed by atoms with Crippen LogP contribution in [0.3, 0.4) is 0 Å². The number of carbonyl (C=O) groups is 2. The molecule has 1 heterocycles. The van der Waals surface area contributed by atoms with Crippen LogP contribution in [-0.2, 0) is 4.79 Å². The summed E-state index contributed by atoms with van der Waals surface area (Å²) >= 11 is 0. The number of amides is 1. The molecule has 36 heavy (non-hydrogen) atoms. The maximum absolute atomic E-state index is 12.7. The summed E-state index contributed by atoms with van der Waals surface area (Å²) in [4.78, 5) is 24.1. The predicted molar refractivity (Wildman–Crippen MR) is 134 cm³/mol. The molecular weight excluding hydrogens is 464 g/mol. The molecule has 10 nitrogen and oxygen atoms in total. The van der Waals surface area contributed by atoms with E-state index in [0.29, 0.717) is 17.0 Å². The van der Waals surface area contributed by atoms with Crippen molar-refractivity contribution in [2.75, 3.05) is 21.3 Å². The number of hydrogen-bond acceptors (Lipinski definition) is 8. The Hall–Kier alpha value is -4.86. The number of ether oxygens (including phenoxy) is 4. The summed E-state index contributed by atoms with van der Waals surface area (Å²) in [5.74, 6) is 0.354. The van der Waals surface area contributed by atoms with Crippen LogP contribution < -0.4 is 24.4 Å². The average molecular weight is 489 g/mol. The third-order valence-electron chi connectivity index (χ3n) is 5.30. The summed E-state index contributed by atoms with van der Waals surface area (Å²) in [5, 5.41) is 13.1. The molecule has 4 rings (SSSR count). The molecule has 184 valence electrons. The van der Waals surface area contributed by atoms with Gasteiger partial charge < -0.3 is 18.9 Å². The molecule has 4 aromatic rings. The third kappa shape index (κ3) is 4.97. The van der Waals surface area contributed by atoms with Crippen molar-refractivity contribution in [3.05, 3.63) is 65.9 Å². The lowest BCUT2D eigenvalue weighted by Crippen LogP contribution is -2.18. The van der Waals surface area contributed by atoms with Crippen LogP contribution in [0, 0.1) is 0 Å². The van der Waals surface area contributed by atoms with Crippen molar-refractivity contribution in [1.82, 2.24) is 15.6 Å². The van der Waals surface area contributed by atoms with E-state index in [2.05, 4.69) is 20.7 Å². The smallest absolute Gasteiger partial charge is 0.308 e. The number of H-pyrrole nitrogens is 1. The van der Waals surface area contributed by atoms with Crippen LogP contribution in [0.1, 0.15) is 23.0 Å². The summed E-state index contributed by atoms with van der Waals surface area (Å²) in [6.45, 7) is 1.28. The largest absolute Gasteiger partial charge is 0.496 e. The molecule has 0 saturated heterocycles. The zero-order valence-corrected chi connectivity index (χ0v) is 20.1. The van der Waals surface area contributed by atoms with Gasteiger partial charge in [0.25, 0.3) is 5.91 Å². The van der Waals surface area contributed by atoms with Gasteiger partial charge >= 0.3 is 5.97 Å². The highest BCUT2D eigenvalue weighted by Crippen LogP contribution is 2.38.